The van der Waals surface area contributed by atoms with Gasteiger partial charge < -0.3 is 5.32 Å². The van der Waals surface area contributed by atoms with Crippen LogP contribution in [0, 0.1) is 11.6 Å². The van der Waals surface area contributed by atoms with Crippen LogP contribution >= 0.6 is 0 Å². The first kappa shape index (κ1) is 10.6. The minimum Gasteiger partial charge on any atom is -0.355 e. The van der Waals surface area contributed by atoms with Gasteiger partial charge in [-0.3, -0.25) is 4.79 Å². The van der Waals surface area contributed by atoms with Gasteiger partial charge in [0.05, 0.1) is 0 Å². The van der Waals surface area contributed by atoms with Crippen LogP contribution in [0.25, 0.3) is 0 Å². The number of nitrogens with one attached hydrogen (secondary N) is 1. The van der Waals surface area contributed by atoms with Crippen LogP contribution in [-0.2, 0) is 6.42 Å². The Morgan fingerprint density at radius 3 is 2.57 bits per heavy atom. The molecule has 0 saturated carbocycles. The fourth-order valence-corrected chi connectivity index (χ4v) is 1.29. The van der Waals surface area contributed by atoms with Crippen LogP contribution < -0.4 is 5.32 Å². The Labute approximate surface area is 80.9 Å². The number of carbonyl (C=O) groups is 1. The lowest BCUT2D eigenvalue weighted by atomic mass is 10.0. The van der Waals surface area contributed by atoms with Crippen LogP contribution in [0.2, 0.25) is 0 Å². The zero-order chi connectivity index (χ0) is 10.7. The second-order valence-electron chi connectivity index (χ2n) is 2.82. The minimum absolute atomic E-state index is 0.115. The molecule has 1 aromatic carbocycles. The van der Waals surface area contributed by atoms with E-state index in [-0.39, 0.29) is 17.5 Å². The molecule has 0 heterocycles. The molecule has 1 aromatic rings. The second kappa shape index (κ2) is 4.17. The Hall–Kier alpha value is -1.45. The fraction of sp³-hybridized carbons (Fsp3) is 0.300. The SMILES string of the molecule is CCc1c(C(=O)NC)ccc(F)c1F. The van der Waals surface area contributed by atoms with Crippen LogP contribution in [0.3, 0.4) is 0 Å². The summed E-state index contributed by atoms with van der Waals surface area (Å²) in [5.74, 6) is -2.26. The first-order valence-electron chi connectivity index (χ1n) is 4.30. The Morgan fingerprint density at radius 2 is 2.07 bits per heavy atom. The van der Waals surface area contributed by atoms with Gasteiger partial charge in [-0.25, -0.2) is 8.78 Å². The van der Waals surface area contributed by atoms with E-state index in [4.69, 9.17) is 0 Å². The average Bonchev–Trinajstić information content (AvgIpc) is 2.20. The summed E-state index contributed by atoms with van der Waals surface area (Å²) in [7, 11) is 1.45. The molecule has 2 nitrogen and oxygen atoms in total. The van der Waals surface area contributed by atoms with Gasteiger partial charge in [-0.15, -0.1) is 0 Å². The third-order valence-corrected chi connectivity index (χ3v) is 2.02. The zero-order valence-electron chi connectivity index (χ0n) is 8.03. The highest BCUT2D eigenvalue weighted by atomic mass is 19.2. The largest absolute Gasteiger partial charge is 0.355 e. The van der Waals surface area contributed by atoms with E-state index in [0.717, 1.165) is 6.07 Å². The van der Waals surface area contributed by atoms with Gasteiger partial charge in [0.25, 0.3) is 5.91 Å². The number of hydrogen-bond donors (Lipinski definition) is 1. The van der Waals surface area contributed by atoms with Crippen LogP contribution in [0.1, 0.15) is 22.8 Å². The molecule has 1 rings (SSSR count). The Balaban J connectivity index is 3.31. The molecule has 0 fully saturated rings. The molecule has 0 aliphatic heterocycles. The molecule has 0 bridgehead atoms. The number of rotatable bonds is 2. The third-order valence-electron chi connectivity index (χ3n) is 2.02. The molecule has 0 radical (unpaired) electrons. The maximum atomic E-state index is 13.2. The predicted octanol–water partition coefficient (Wildman–Crippen LogP) is 1.89. The van der Waals surface area contributed by atoms with E-state index in [0.29, 0.717) is 0 Å². The first-order chi connectivity index (χ1) is 6.61. The van der Waals surface area contributed by atoms with Gasteiger partial charge in [0.2, 0.25) is 0 Å². The summed E-state index contributed by atoms with van der Waals surface area (Å²) in [6.45, 7) is 1.67. The van der Waals surface area contributed by atoms with Crippen molar-refractivity contribution in [2.24, 2.45) is 0 Å². The van der Waals surface area contributed by atoms with Gasteiger partial charge in [-0.2, -0.15) is 0 Å². The molecular weight excluding hydrogens is 188 g/mol. The van der Waals surface area contributed by atoms with E-state index >= 15 is 0 Å². The molecular formula is C10H11F2NO. The standard InChI is InChI=1S/C10H11F2NO/c1-3-6-7(10(14)13-2)4-5-8(11)9(6)12/h4-5H,3H2,1-2H3,(H,13,14). The molecule has 0 aliphatic carbocycles. The van der Waals surface area contributed by atoms with E-state index in [2.05, 4.69) is 5.32 Å². The predicted molar refractivity (Wildman–Crippen MR) is 49.1 cm³/mol. The molecule has 1 amide bonds. The van der Waals surface area contributed by atoms with Gasteiger partial charge in [-0.05, 0) is 18.6 Å². The number of benzene rings is 1. The van der Waals surface area contributed by atoms with Crippen molar-refractivity contribution in [3.8, 4) is 0 Å². The second-order valence-corrected chi connectivity index (χ2v) is 2.82. The number of carbonyl (C=O) groups excluding carboxylic acids is 1. The molecule has 0 unspecified atom stereocenters. The third kappa shape index (κ3) is 1.73. The topological polar surface area (TPSA) is 29.1 Å². The van der Waals surface area contributed by atoms with Crippen LogP contribution in [0.4, 0.5) is 8.78 Å². The highest BCUT2D eigenvalue weighted by Gasteiger charge is 2.15. The van der Waals surface area contributed by atoms with Crippen molar-refractivity contribution in [3.63, 3.8) is 0 Å². The Morgan fingerprint density at radius 1 is 1.43 bits per heavy atom. The van der Waals surface area contributed by atoms with E-state index in [1.807, 2.05) is 0 Å². The highest BCUT2D eigenvalue weighted by molar-refractivity contribution is 5.95. The number of hydrogen-bond acceptors (Lipinski definition) is 1. The van der Waals surface area contributed by atoms with Crippen LogP contribution in [0.15, 0.2) is 12.1 Å². The van der Waals surface area contributed by atoms with Gasteiger partial charge >= 0.3 is 0 Å². The molecule has 0 atom stereocenters. The molecule has 1 N–H and O–H groups in total. The first-order valence-corrected chi connectivity index (χ1v) is 4.30. The summed E-state index contributed by atoms with van der Waals surface area (Å²) >= 11 is 0. The summed E-state index contributed by atoms with van der Waals surface area (Å²) in [6, 6.07) is 2.25. The summed E-state index contributed by atoms with van der Waals surface area (Å²) in [5, 5.41) is 2.37. The maximum absolute atomic E-state index is 13.2. The van der Waals surface area contributed by atoms with Gasteiger partial charge in [0.1, 0.15) is 0 Å². The lowest BCUT2D eigenvalue weighted by molar-refractivity contribution is 0.0961. The average molecular weight is 199 g/mol. The van der Waals surface area contributed by atoms with Crippen LogP contribution in [0.5, 0.6) is 0 Å². The van der Waals surface area contributed by atoms with E-state index < -0.39 is 17.5 Å². The van der Waals surface area contributed by atoms with Gasteiger partial charge in [0, 0.05) is 18.2 Å². The molecule has 0 spiro atoms. The van der Waals surface area contributed by atoms with Crippen molar-refractivity contribution in [2.45, 2.75) is 13.3 Å². The highest BCUT2D eigenvalue weighted by Crippen LogP contribution is 2.17. The normalized spacial score (nSPS) is 10.0. The molecule has 0 aromatic heterocycles. The molecule has 76 valence electrons. The van der Waals surface area contributed by atoms with Crippen molar-refractivity contribution in [3.05, 3.63) is 34.9 Å². The Bertz CT molecular complexity index is 363. The molecule has 14 heavy (non-hydrogen) atoms. The summed E-state index contributed by atoms with van der Waals surface area (Å²) in [6.07, 6.45) is 0.284. The monoisotopic (exact) mass is 199 g/mol. The van der Waals surface area contributed by atoms with Gasteiger partial charge in [-0.1, -0.05) is 6.92 Å². The number of halogens is 2. The van der Waals surface area contributed by atoms with Crippen LogP contribution in [-0.4, -0.2) is 13.0 Å². The summed E-state index contributed by atoms with van der Waals surface area (Å²) in [5.41, 5.74) is 0.304. The number of amides is 1. The van der Waals surface area contributed by atoms with Crippen molar-refractivity contribution < 1.29 is 13.6 Å². The zero-order valence-corrected chi connectivity index (χ0v) is 8.03. The Kier molecular flexibility index (Phi) is 3.17. The molecule has 0 aliphatic rings. The molecule has 4 heteroatoms. The van der Waals surface area contributed by atoms with Crippen molar-refractivity contribution >= 4 is 5.91 Å². The minimum atomic E-state index is -0.936. The maximum Gasteiger partial charge on any atom is 0.251 e. The van der Waals surface area contributed by atoms with Gasteiger partial charge in [0.15, 0.2) is 11.6 Å². The quantitative estimate of drug-likeness (QED) is 0.774. The van der Waals surface area contributed by atoms with Crippen molar-refractivity contribution in [2.75, 3.05) is 7.05 Å². The fourth-order valence-electron chi connectivity index (χ4n) is 1.29. The lowest BCUT2D eigenvalue weighted by Gasteiger charge is -2.07. The summed E-state index contributed by atoms with van der Waals surface area (Å²) < 4.78 is 26.0. The summed E-state index contributed by atoms with van der Waals surface area (Å²) in [4.78, 5) is 11.3. The molecule has 0 saturated heterocycles. The van der Waals surface area contributed by atoms with E-state index in [1.165, 1.54) is 13.1 Å². The smallest absolute Gasteiger partial charge is 0.251 e. The van der Waals surface area contributed by atoms with Crippen molar-refractivity contribution in [1.29, 1.82) is 0 Å². The van der Waals surface area contributed by atoms with E-state index in [9.17, 15) is 13.6 Å². The lowest BCUT2D eigenvalue weighted by Crippen LogP contribution is -2.20. The van der Waals surface area contributed by atoms with Crippen molar-refractivity contribution in [1.82, 2.24) is 5.32 Å². The van der Waals surface area contributed by atoms with E-state index in [1.54, 1.807) is 6.92 Å².